The molecule has 1 aliphatic heterocycles. The SMILES string of the molecule is Cl.O=C(Nc1ccc2c(c1)CNCCO2)c1cc2c(s1)CCC2. The van der Waals surface area contributed by atoms with E-state index in [4.69, 9.17) is 4.74 Å². The molecule has 0 atom stereocenters. The molecule has 2 aliphatic rings. The van der Waals surface area contributed by atoms with Crippen molar-refractivity contribution >= 4 is 35.3 Å². The van der Waals surface area contributed by atoms with Gasteiger partial charge in [-0.25, -0.2) is 0 Å². The Labute approximate surface area is 145 Å². The average molecular weight is 351 g/mol. The molecule has 122 valence electrons. The largest absolute Gasteiger partial charge is 0.492 e. The van der Waals surface area contributed by atoms with Crippen molar-refractivity contribution in [3.8, 4) is 5.75 Å². The molecule has 1 amide bonds. The van der Waals surface area contributed by atoms with E-state index in [0.29, 0.717) is 6.61 Å². The molecule has 0 radical (unpaired) electrons. The van der Waals surface area contributed by atoms with Crippen LogP contribution in [0.3, 0.4) is 0 Å². The van der Waals surface area contributed by atoms with Crippen LogP contribution in [0.2, 0.25) is 0 Å². The lowest BCUT2D eigenvalue weighted by Crippen LogP contribution is -2.16. The first kappa shape index (κ1) is 16.3. The van der Waals surface area contributed by atoms with Gasteiger partial charge >= 0.3 is 0 Å². The van der Waals surface area contributed by atoms with Crippen LogP contribution in [0.1, 0.15) is 32.1 Å². The number of hydrogen-bond donors (Lipinski definition) is 2. The number of carbonyl (C=O) groups excluding carboxylic acids is 1. The Morgan fingerprint density at radius 1 is 1.22 bits per heavy atom. The molecule has 2 heterocycles. The number of ether oxygens (including phenoxy) is 1. The van der Waals surface area contributed by atoms with Gasteiger partial charge in [0.05, 0.1) is 4.88 Å². The second-order valence-electron chi connectivity index (χ2n) is 5.71. The van der Waals surface area contributed by atoms with Crippen LogP contribution in [0.15, 0.2) is 24.3 Å². The first-order valence-corrected chi connectivity index (χ1v) is 8.50. The van der Waals surface area contributed by atoms with Crippen molar-refractivity contribution in [1.29, 1.82) is 0 Å². The molecule has 1 aliphatic carbocycles. The monoisotopic (exact) mass is 350 g/mol. The summed E-state index contributed by atoms with van der Waals surface area (Å²) in [5.74, 6) is 0.889. The minimum atomic E-state index is -0.0122. The van der Waals surface area contributed by atoms with Gasteiger partial charge in [0.1, 0.15) is 12.4 Å². The molecule has 2 aromatic rings. The molecule has 1 aromatic heterocycles. The van der Waals surface area contributed by atoms with E-state index in [1.807, 2.05) is 18.2 Å². The molecule has 1 aromatic carbocycles. The van der Waals surface area contributed by atoms with Crippen LogP contribution in [0, 0.1) is 0 Å². The van der Waals surface area contributed by atoms with Gasteiger partial charge in [0.15, 0.2) is 0 Å². The Hall–Kier alpha value is -1.56. The first-order valence-electron chi connectivity index (χ1n) is 7.69. The second-order valence-corrected chi connectivity index (χ2v) is 6.85. The number of nitrogens with one attached hydrogen (secondary N) is 2. The summed E-state index contributed by atoms with van der Waals surface area (Å²) in [4.78, 5) is 14.6. The van der Waals surface area contributed by atoms with Crippen molar-refractivity contribution in [2.24, 2.45) is 0 Å². The lowest BCUT2D eigenvalue weighted by Gasteiger charge is -2.09. The topological polar surface area (TPSA) is 50.4 Å². The zero-order chi connectivity index (χ0) is 14.9. The quantitative estimate of drug-likeness (QED) is 0.872. The van der Waals surface area contributed by atoms with E-state index < -0.39 is 0 Å². The molecule has 6 heteroatoms. The Morgan fingerprint density at radius 3 is 3.00 bits per heavy atom. The number of amides is 1. The van der Waals surface area contributed by atoms with Gasteiger partial charge in [-0.15, -0.1) is 23.7 Å². The van der Waals surface area contributed by atoms with Crippen LogP contribution in [-0.2, 0) is 19.4 Å². The summed E-state index contributed by atoms with van der Waals surface area (Å²) in [7, 11) is 0. The number of fused-ring (bicyclic) bond motifs is 2. The third-order valence-electron chi connectivity index (χ3n) is 4.14. The van der Waals surface area contributed by atoms with Crippen molar-refractivity contribution in [2.45, 2.75) is 25.8 Å². The molecule has 23 heavy (non-hydrogen) atoms. The number of aryl methyl sites for hydroxylation is 2. The van der Waals surface area contributed by atoms with Gasteiger partial charge in [-0.2, -0.15) is 0 Å². The molecule has 0 spiro atoms. The zero-order valence-corrected chi connectivity index (χ0v) is 14.3. The van der Waals surface area contributed by atoms with Crippen molar-refractivity contribution in [3.05, 3.63) is 45.1 Å². The molecular formula is C17H19ClN2O2S. The maximum atomic E-state index is 12.4. The smallest absolute Gasteiger partial charge is 0.265 e. The van der Waals surface area contributed by atoms with E-state index in [1.54, 1.807) is 11.3 Å². The highest BCUT2D eigenvalue weighted by atomic mass is 35.5. The number of hydrogen-bond acceptors (Lipinski definition) is 4. The fourth-order valence-corrected chi connectivity index (χ4v) is 4.17. The molecule has 0 bridgehead atoms. The molecule has 0 saturated carbocycles. The summed E-state index contributed by atoms with van der Waals surface area (Å²) < 4.78 is 5.66. The van der Waals surface area contributed by atoms with Gasteiger partial charge in [-0.3, -0.25) is 4.79 Å². The summed E-state index contributed by atoms with van der Waals surface area (Å²) in [5.41, 5.74) is 3.27. The Morgan fingerprint density at radius 2 is 2.13 bits per heavy atom. The number of anilines is 1. The predicted octanol–water partition coefficient (Wildman–Crippen LogP) is 3.39. The van der Waals surface area contributed by atoms with E-state index in [1.165, 1.54) is 16.9 Å². The minimum absolute atomic E-state index is 0. The summed E-state index contributed by atoms with van der Waals surface area (Å²) in [6.45, 7) is 2.29. The van der Waals surface area contributed by atoms with Crippen molar-refractivity contribution in [1.82, 2.24) is 5.32 Å². The van der Waals surface area contributed by atoms with E-state index in [0.717, 1.165) is 47.8 Å². The number of halogens is 1. The minimum Gasteiger partial charge on any atom is -0.492 e. The van der Waals surface area contributed by atoms with Crippen LogP contribution in [-0.4, -0.2) is 19.1 Å². The molecule has 4 nitrogen and oxygen atoms in total. The van der Waals surface area contributed by atoms with Gasteiger partial charge in [0, 0.05) is 29.2 Å². The Bertz CT molecular complexity index is 708. The number of carbonyl (C=O) groups is 1. The lowest BCUT2D eigenvalue weighted by molar-refractivity contribution is 0.103. The summed E-state index contributed by atoms with van der Waals surface area (Å²) in [6, 6.07) is 7.89. The fraction of sp³-hybridized carbons (Fsp3) is 0.353. The van der Waals surface area contributed by atoms with Crippen LogP contribution < -0.4 is 15.4 Å². The van der Waals surface area contributed by atoms with E-state index >= 15 is 0 Å². The van der Waals surface area contributed by atoms with Gasteiger partial charge in [-0.1, -0.05) is 0 Å². The second kappa shape index (κ2) is 6.91. The van der Waals surface area contributed by atoms with Crippen molar-refractivity contribution < 1.29 is 9.53 Å². The first-order chi connectivity index (χ1) is 10.8. The summed E-state index contributed by atoms with van der Waals surface area (Å²) in [5, 5.41) is 6.31. The Balaban J connectivity index is 0.00000156. The van der Waals surface area contributed by atoms with Crippen LogP contribution in [0.4, 0.5) is 5.69 Å². The van der Waals surface area contributed by atoms with Gasteiger partial charge in [0.2, 0.25) is 0 Å². The maximum absolute atomic E-state index is 12.4. The summed E-state index contributed by atoms with van der Waals surface area (Å²) in [6.07, 6.45) is 3.46. The molecule has 4 rings (SSSR count). The lowest BCUT2D eigenvalue weighted by atomic mass is 10.1. The van der Waals surface area contributed by atoms with Gasteiger partial charge in [-0.05, 0) is 49.1 Å². The van der Waals surface area contributed by atoms with Crippen molar-refractivity contribution in [2.75, 3.05) is 18.5 Å². The standard InChI is InChI=1S/C17H18N2O2S.ClH/c20-17(16-9-11-2-1-3-15(11)22-16)19-13-4-5-14-12(8-13)10-18-6-7-21-14;/h4-5,8-9,18H,1-3,6-7,10H2,(H,19,20);1H. The highest BCUT2D eigenvalue weighted by molar-refractivity contribution is 7.14. The highest BCUT2D eigenvalue weighted by Crippen LogP contribution is 2.31. The normalized spacial score (nSPS) is 15.7. The molecule has 0 fully saturated rings. The molecular weight excluding hydrogens is 332 g/mol. The number of benzene rings is 1. The maximum Gasteiger partial charge on any atom is 0.265 e. The average Bonchev–Trinajstić information content (AvgIpc) is 3.02. The third-order valence-corrected chi connectivity index (χ3v) is 5.38. The summed E-state index contributed by atoms with van der Waals surface area (Å²) >= 11 is 1.63. The van der Waals surface area contributed by atoms with Gasteiger partial charge < -0.3 is 15.4 Å². The van der Waals surface area contributed by atoms with E-state index in [2.05, 4.69) is 16.7 Å². The predicted molar refractivity (Wildman–Crippen MR) is 95.2 cm³/mol. The number of rotatable bonds is 2. The van der Waals surface area contributed by atoms with E-state index in [-0.39, 0.29) is 18.3 Å². The number of thiophene rings is 1. The molecule has 0 unspecified atom stereocenters. The highest BCUT2D eigenvalue weighted by Gasteiger charge is 2.19. The molecule has 0 saturated heterocycles. The third kappa shape index (κ3) is 3.37. The van der Waals surface area contributed by atoms with Crippen molar-refractivity contribution in [3.63, 3.8) is 0 Å². The van der Waals surface area contributed by atoms with Gasteiger partial charge in [0.25, 0.3) is 5.91 Å². The Kier molecular flexibility index (Phi) is 4.90. The zero-order valence-electron chi connectivity index (χ0n) is 12.7. The van der Waals surface area contributed by atoms with Crippen LogP contribution in [0.5, 0.6) is 5.75 Å². The molecule has 2 N–H and O–H groups in total. The van der Waals surface area contributed by atoms with E-state index in [9.17, 15) is 4.79 Å². The van der Waals surface area contributed by atoms with Crippen LogP contribution in [0.25, 0.3) is 0 Å². The van der Waals surface area contributed by atoms with Crippen LogP contribution >= 0.6 is 23.7 Å². The fourth-order valence-electron chi connectivity index (χ4n) is 3.03.